The van der Waals surface area contributed by atoms with Gasteiger partial charge in [-0.25, -0.2) is 4.39 Å². The maximum atomic E-state index is 13.1. The number of ether oxygens (including phenoxy) is 1. The zero-order chi connectivity index (χ0) is 22.5. The molecular formula is C24H24FN3O3S. The number of hydrogen-bond donors (Lipinski definition) is 2. The zero-order valence-electron chi connectivity index (χ0n) is 17.7. The van der Waals surface area contributed by atoms with Gasteiger partial charge in [0.1, 0.15) is 16.6 Å². The summed E-state index contributed by atoms with van der Waals surface area (Å²) >= 11 is 1.45. The van der Waals surface area contributed by atoms with E-state index in [-0.39, 0.29) is 17.6 Å². The molecule has 1 aromatic carbocycles. The van der Waals surface area contributed by atoms with Gasteiger partial charge >= 0.3 is 0 Å². The van der Waals surface area contributed by atoms with Gasteiger partial charge in [0.25, 0.3) is 11.8 Å². The Kier molecular flexibility index (Phi) is 6.80. The molecule has 0 fully saturated rings. The lowest BCUT2D eigenvalue weighted by atomic mass is 10.1. The molecule has 1 atom stereocenters. The third-order valence-corrected chi connectivity index (χ3v) is 6.52. The predicted molar refractivity (Wildman–Crippen MR) is 121 cm³/mol. The fraction of sp³-hybridized carbons (Fsp3) is 0.292. The lowest BCUT2D eigenvalue weighted by molar-refractivity contribution is -0.122. The first kappa shape index (κ1) is 22.0. The third kappa shape index (κ3) is 4.96. The Morgan fingerprint density at radius 1 is 1.22 bits per heavy atom. The summed E-state index contributed by atoms with van der Waals surface area (Å²) in [5.74, 6) is -0.504. The normalized spacial score (nSPS) is 13.3. The summed E-state index contributed by atoms with van der Waals surface area (Å²) in [6, 6.07) is 9.27. The van der Waals surface area contributed by atoms with Gasteiger partial charge in [0.05, 0.1) is 5.56 Å². The molecule has 1 aliphatic rings. The van der Waals surface area contributed by atoms with E-state index in [9.17, 15) is 14.0 Å². The van der Waals surface area contributed by atoms with Crippen molar-refractivity contribution in [2.24, 2.45) is 0 Å². The number of nitrogens with zero attached hydrogens (tertiary/aromatic N) is 1. The minimum Gasteiger partial charge on any atom is -0.481 e. The quantitative estimate of drug-likeness (QED) is 0.526. The molecule has 0 saturated carbocycles. The summed E-state index contributed by atoms with van der Waals surface area (Å²) in [5.41, 5.74) is 2.45. The van der Waals surface area contributed by atoms with Gasteiger partial charge in [-0.1, -0.05) is 13.0 Å². The Labute approximate surface area is 189 Å². The largest absolute Gasteiger partial charge is 0.481 e. The van der Waals surface area contributed by atoms with Gasteiger partial charge in [0.2, 0.25) is 0 Å². The van der Waals surface area contributed by atoms with Crippen LogP contribution < -0.4 is 15.4 Å². The van der Waals surface area contributed by atoms with E-state index in [2.05, 4.69) is 15.6 Å². The molecule has 32 heavy (non-hydrogen) atoms. The van der Waals surface area contributed by atoms with E-state index >= 15 is 0 Å². The number of carbonyl (C=O) groups excluding carboxylic acids is 2. The van der Waals surface area contributed by atoms with Crippen molar-refractivity contribution in [3.8, 4) is 5.75 Å². The summed E-state index contributed by atoms with van der Waals surface area (Å²) in [6.45, 7) is 2.19. The first-order valence-electron chi connectivity index (χ1n) is 10.6. The number of thiophene rings is 1. The Bertz CT molecular complexity index is 1100. The third-order valence-electron chi connectivity index (χ3n) is 5.32. The zero-order valence-corrected chi connectivity index (χ0v) is 18.5. The van der Waals surface area contributed by atoms with Crippen LogP contribution in [0, 0.1) is 5.82 Å². The summed E-state index contributed by atoms with van der Waals surface area (Å²) in [7, 11) is 0. The number of aromatic nitrogens is 1. The Morgan fingerprint density at radius 2 is 2.03 bits per heavy atom. The molecule has 2 heterocycles. The van der Waals surface area contributed by atoms with Crippen molar-refractivity contribution in [3.63, 3.8) is 0 Å². The number of benzene rings is 1. The highest BCUT2D eigenvalue weighted by atomic mass is 32.1. The van der Waals surface area contributed by atoms with Gasteiger partial charge in [-0.2, -0.15) is 0 Å². The van der Waals surface area contributed by atoms with E-state index in [0.29, 0.717) is 29.3 Å². The van der Waals surface area contributed by atoms with Crippen molar-refractivity contribution >= 4 is 28.2 Å². The van der Waals surface area contributed by atoms with Gasteiger partial charge in [0, 0.05) is 23.8 Å². The molecule has 0 radical (unpaired) electrons. The van der Waals surface area contributed by atoms with Crippen molar-refractivity contribution in [2.75, 3.05) is 5.32 Å². The van der Waals surface area contributed by atoms with E-state index in [1.165, 1.54) is 35.6 Å². The van der Waals surface area contributed by atoms with Crippen LogP contribution in [0.15, 0.2) is 48.8 Å². The number of amides is 2. The van der Waals surface area contributed by atoms with Crippen LogP contribution in [-0.4, -0.2) is 22.9 Å². The number of aryl methyl sites for hydroxylation is 1. The summed E-state index contributed by atoms with van der Waals surface area (Å²) < 4.78 is 18.9. The lowest BCUT2D eigenvalue weighted by Gasteiger charge is -2.17. The molecule has 2 N–H and O–H groups in total. The molecule has 1 aliphatic carbocycles. The van der Waals surface area contributed by atoms with Crippen LogP contribution in [0.25, 0.3) is 0 Å². The number of hydrogen-bond acceptors (Lipinski definition) is 5. The van der Waals surface area contributed by atoms with Gasteiger partial charge in [0.15, 0.2) is 6.10 Å². The van der Waals surface area contributed by atoms with Crippen molar-refractivity contribution in [3.05, 3.63) is 76.2 Å². The van der Waals surface area contributed by atoms with Crippen LogP contribution in [0.2, 0.25) is 0 Å². The fourth-order valence-corrected chi connectivity index (χ4v) is 4.99. The number of anilines is 1. The number of rotatable bonds is 8. The van der Waals surface area contributed by atoms with Crippen LogP contribution >= 0.6 is 11.3 Å². The smallest absolute Gasteiger partial charge is 0.266 e. The molecule has 3 aromatic rings. The van der Waals surface area contributed by atoms with Crippen LogP contribution in [0.5, 0.6) is 5.75 Å². The van der Waals surface area contributed by atoms with Crippen LogP contribution in [0.3, 0.4) is 0 Å². The van der Waals surface area contributed by atoms with Crippen molar-refractivity contribution in [1.82, 2.24) is 10.3 Å². The molecule has 0 spiro atoms. The molecule has 4 rings (SSSR count). The van der Waals surface area contributed by atoms with Gasteiger partial charge in [-0.3, -0.25) is 14.6 Å². The van der Waals surface area contributed by atoms with Crippen LogP contribution in [0.1, 0.15) is 46.1 Å². The number of halogens is 1. The average Bonchev–Trinajstić information content (AvgIpc) is 3.38. The van der Waals surface area contributed by atoms with E-state index < -0.39 is 6.10 Å². The second-order valence-electron chi connectivity index (χ2n) is 7.56. The lowest BCUT2D eigenvalue weighted by Crippen LogP contribution is -2.33. The number of nitrogens with one attached hydrogen (secondary N) is 2. The molecule has 0 unspecified atom stereocenters. The highest BCUT2D eigenvalue weighted by Crippen LogP contribution is 2.39. The van der Waals surface area contributed by atoms with Gasteiger partial charge in [-0.15, -0.1) is 11.3 Å². The van der Waals surface area contributed by atoms with Crippen LogP contribution in [-0.2, 0) is 24.2 Å². The minimum absolute atomic E-state index is 0.212. The highest BCUT2D eigenvalue weighted by molar-refractivity contribution is 7.17. The summed E-state index contributed by atoms with van der Waals surface area (Å²) in [5, 5.41) is 6.40. The van der Waals surface area contributed by atoms with E-state index in [1.54, 1.807) is 12.4 Å². The Hall–Kier alpha value is -3.26. The monoisotopic (exact) mass is 453 g/mol. The summed E-state index contributed by atoms with van der Waals surface area (Å²) in [6.07, 6.45) is 5.79. The van der Waals surface area contributed by atoms with E-state index in [1.807, 2.05) is 19.1 Å². The summed E-state index contributed by atoms with van der Waals surface area (Å²) in [4.78, 5) is 31.2. The molecular weight excluding hydrogens is 429 g/mol. The molecule has 166 valence electrons. The molecule has 0 bridgehead atoms. The molecule has 0 aliphatic heterocycles. The van der Waals surface area contributed by atoms with Crippen molar-refractivity contribution < 1.29 is 18.7 Å². The average molecular weight is 454 g/mol. The Balaban J connectivity index is 1.49. The molecule has 2 aromatic heterocycles. The fourth-order valence-electron chi connectivity index (χ4n) is 3.70. The second kappa shape index (κ2) is 9.91. The van der Waals surface area contributed by atoms with Gasteiger partial charge in [-0.05, 0) is 67.1 Å². The molecule has 8 heteroatoms. The number of pyridine rings is 1. The highest BCUT2D eigenvalue weighted by Gasteiger charge is 2.29. The van der Waals surface area contributed by atoms with Crippen molar-refractivity contribution in [1.29, 1.82) is 0 Å². The first-order valence-corrected chi connectivity index (χ1v) is 11.4. The predicted octanol–water partition coefficient (Wildman–Crippen LogP) is 4.50. The van der Waals surface area contributed by atoms with E-state index in [0.717, 1.165) is 35.3 Å². The molecule has 6 nitrogen and oxygen atoms in total. The second-order valence-corrected chi connectivity index (χ2v) is 8.67. The van der Waals surface area contributed by atoms with Crippen molar-refractivity contribution in [2.45, 2.75) is 45.3 Å². The molecule has 2 amide bonds. The number of carbonyl (C=O) groups is 2. The maximum absolute atomic E-state index is 13.1. The minimum atomic E-state index is -0.760. The molecule has 0 saturated heterocycles. The first-order chi connectivity index (χ1) is 15.5. The topological polar surface area (TPSA) is 80.3 Å². The Morgan fingerprint density at radius 3 is 2.75 bits per heavy atom. The maximum Gasteiger partial charge on any atom is 0.266 e. The number of fused-ring (bicyclic) bond motifs is 1. The van der Waals surface area contributed by atoms with Gasteiger partial charge < -0.3 is 15.4 Å². The van der Waals surface area contributed by atoms with E-state index in [4.69, 9.17) is 4.74 Å². The standard InChI is InChI=1S/C24H24FN3O3S/c1-2-19(31-17-10-8-16(25)9-11-17)22(29)28-24-21(18-6-3-7-20(18)32-24)23(30)27-14-15-5-4-12-26-13-15/h4-5,8-13,19H,2-3,6-7,14H2,1H3,(H,27,30)(H,28,29)/t19-/m0/s1. The van der Waals surface area contributed by atoms with Crippen LogP contribution in [0.4, 0.5) is 9.39 Å². The SMILES string of the molecule is CC[C@H](Oc1ccc(F)cc1)C(=O)Nc1sc2c(c1C(=O)NCc1cccnc1)CCC2.